The molecule has 0 saturated heterocycles. The molecule has 126 valence electrons. The van der Waals surface area contributed by atoms with Crippen molar-refractivity contribution in [3.05, 3.63) is 64.7 Å². The topological polar surface area (TPSA) is 29.5 Å². The molecule has 1 N–H and O–H groups in total. The fraction of sp³-hybridized carbons (Fsp3) is 0.455. The zero-order valence-electron chi connectivity index (χ0n) is 14.6. The first-order valence-corrected chi connectivity index (χ1v) is 9.11. The number of aryl methyl sites for hydroxylation is 1. The molecule has 2 aliphatic carbocycles. The van der Waals surface area contributed by atoms with Crippen LogP contribution in [0.2, 0.25) is 0 Å². The Morgan fingerprint density at radius 1 is 1.17 bits per heavy atom. The Kier molecular flexibility index (Phi) is 3.88. The number of aliphatic hydroxyl groups is 1. The van der Waals surface area contributed by atoms with Crippen molar-refractivity contribution in [1.29, 1.82) is 0 Å². The predicted molar refractivity (Wildman–Crippen MR) is 96.2 cm³/mol. The molecule has 2 nitrogen and oxygen atoms in total. The summed E-state index contributed by atoms with van der Waals surface area (Å²) >= 11 is 0. The maximum absolute atomic E-state index is 10.9. The summed E-state index contributed by atoms with van der Waals surface area (Å²) in [6.45, 7) is 4.79. The number of benzene rings is 2. The number of fused-ring (bicyclic) bond motifs is 1. The van der Waals surface area contributed by atoms with Gasteiger partial charge in [0.1, 0.15) is 12.4 Å². The van der Waals surface area contributed by atoms with Gasteiger partial charge in [-0.25, -0.2) is 0 Å². The molecular weight excluding hydrogens is 296 g/mol. The van der Waals surface area contributed by atoms with E-state index in [-0.39, 0.29) is 0 Å². The van der Waals surface area contributed by atoms with E-state index >= 15 is 0 Å². The lowest BCUT2D eigenvalue weighted by atomic mass is 9.88. The van der Waals surface area contributed by atoms with Gasteiger partial charge in [0.05, 0.1) is 5.60 Å². The SMILES string of the molecule is CC(c1ccc2c(c1OCc1ccccc1)C(C)(O)CC2)C1CC1. The third-order valence-corrected chi connectivity index (χ3v) is 5.74. The van der Waals surface area contributed by atoms with Crippen LogP contribution in [0.3, 0.4) is 0 Å². The van der Waals surface area contributed by atoms with Crippen LogP contribution >= 0.6 is 0 Å². The van der Waals surface area contributed by atoms with Crippen LogP contribution in [0.15, 0.2) is 42.5 Å². The van der Waals surface area contributed by atoms with Crippen LogP contribution in [0.5, 0.6) is 5.75 Å². The van der Waals surface area contributed by atoms with Gasteiger partial charge in [-0.1, -0.05) is 49.4 Å². The fourth-order valence-electron chi connectivity index (χ4n) is 4.04. The Hall–Kier alpha value is -1.80. The zero-order chi connectivity index (χ0) is 16.7. The van der Waals surface area contributed by atoms with Gasteiger partial charge in [-0.05, 0) is 61.1 Å². The monoisotopic (exact) mass is 322 g/mol. The molecule has 2 atom stereocenters. The number of hydrogen-bond acceptors (Lipinski definition) is 2. The van der Waals surface area contributed by atoms with E-state index < -0.39 is 5.60 Å². The van der Waals surface area contributed by atoms with E-state index in [9.17, 15) is 5.11 Å². The molecular formula is C22H26O2. The molecule has 4 rings (SSSR count). The van der Waals surface area contributed by atoms with Crippen molar-refractivity contribution in [3.63, 3.8) is 0 Å². The number of ether oxygens (including phenoxy) is 1. The summed E-state index contributed by atoms with van der Waals surface area (Å²) in [7, 11) is 0. The molecule has 0 aliphatic heterocycles. The summed E-state index contributed by atoms with van der Waals surface area (Å²) in [5.74, 6) is 2.21. The minimum atomic E-state index is -0.777. The summed E-state index contributed by atoms with van der Waals surface area (Å²) in [6, 6.07) is 14.7. The van der Waals surface area contributed by atoms with Gasteiger partial charge in [-0.15, -0.1) is 0 Å². The van der Waals surface area contributed by atoms with Crippen molar-refractivity contribution < 1.29 is 9.84 Å². The third-order valence-electron chi connectivity index (χ3n) is 5.74. The Morgan fingerprint density at radius 2 is 1.92 bits per heavy atom. The first-order chi connectivity index (χ1) is 11.6. The van der Waals surface area contributed by atoms with E-state index in [2.05, 4.69) is 31.2 Å². The standard InChI is InChI=1S/C22H26O2/c1-15(17-8-9-17)19-11-10-18-12-13-22(2,23)20(18)21(19)24-14-16-6-4-3-5-7-16/h3-7,10-11,15,17,23H,8-9,12-14H2,1-2H3. The van der Waals surface area contributed by atoms with Gasteiger partial charge in [0.2, 0.25) is 0 Å². The van der Waals surface area contributed by atoms with Crippen LogP contribution in [-0.4, -0.2) is 5.11 Å². The maximum Gasteiger partial charge on any atom is 0.129 e. The van der Waals surface area contributed by atoms with E-state index in [0.717, 1.165) is 35.6 Å². The summed E-state index contributed by atoms with van der Waals surface area (Å²) < 4.78 is 6.34. The van der Waals surface area contributed by atoms with Crippen LogP contribution in [-0.2, 0) is 18.6 Å². The highest BCUT2D eigenvalue weighted by molar-refractivity contribution is 5.53. The van der Waals surface area contributed by atoms with Crippen molar-refractivity contribution in [2.45, 2.75) is 57.7 Å². The van der Waals surface area contributed by atoms with Crippen molar-refractivity contribution >= 4 is 0 Å². The quantitative estimate of drug-likeness (QED) is 0.845. The number of hydrogen-bond donors (Lipinski definition) is 1. The van der Waals surface area contributed by atoms with Gasteiger partial charge in [-0.2, -0.15) is 0 Å². The molecule has 1 saturated carbocycles. The van der Waals surface area contributed by atoms with Crippen LogP contribution in [0, 0.1) is 5.92 Å². The Bertz CT molecular complexity index is 729. The summed E-state index contributed by atoms with van der Waals surface area (Å²) in [5.41, 5.74) is 3.94. The molecule has 1 fully saturated rings. The van der Waals surface area contributed by atoms with Crippen molar-refractivity contribution in [3.8, 4) is 5.75 Å². The molecule has 2 aromatic carbocycles. The van der Waals surface area contributed by atoms with Gasteiger partial charge in [0.25, 0.3) is 0 Å². The minimum absolute atomic E-state index is 0.498. The van der Waals surface area contributed by atoms with E-state index in [0.29, 0.717) is 12.5 Å². The van der Waals surface area contributed by atoms with Gasteiger partial charge in [0, 0.05) is 5.56 Å². The highest BCUT2D eigenvalue weighted by Gasteiger charge is 2.39. The fourth-order valence-corrected chi connectivity index (χ4v) is 4.04. The molecule has 0 radical (unpaired) electrons. The van der Waals surface area contributed by atoms with Gasteiger partial charge in [-0.3, -0.25) is 0 Å². The van der Waals surface area contributed by atoms with Crippen LogP contribution in [0.4, 0.5) is 0 Å². The summed E-state index contributed by atoms with van der Waals surface area (Å²) in [4.78, 5) is 0. The Morgan fingerprint density at radius 3 is 2.62 bits per heavy atom. The molecule has 0 heterocycles. The van der Waals surface area contributed by atoms with Gasteiger partial charge < -0.3 is 9.84 Å². The molecule has 2 unspecified atom stereocenters. The normalized spacial score (nSPS) is 23.8. The smallest absolute Gasteiger partial charge is 0.129 e. The van der Waals surface area contributed by atoms with E-state index in [1.165, 1.54) is 24.0 Å². The molecule has 24 heavy (non-hydrogen) atoms. The van der Waals surface area contributed by atoms with Gasteiger partial charge >= 0.3 is 0 Å². The molecule has 2 aliphatic rings. The molecule has 0 amide bonds. The lowest BCUT2D eigenvalue weighted by Gasteiger charge is -2.25. The van der Waals surface area contributed by atoms with E-state index in [1.807, 2.05) is 25.1 Å². The maximum atomic E-state index is 10.9. The molecule has 0 bridgehead atoms. The lowest BCUT2D eigenvalue weighted by Crippen LogP contribution is -2.19. The third kappa shape index (κ3) is 2.84. The first-order valence-electron chi connectivity index (χ1n) is 9.11. The van der Waals surface area contributed by atoms with Gasteiger partial charge in [0.15, 0.2) is 0 Å². The van der Waals surface area contributed by atoms with Crippen LogP contribution < -0.4 is 4.74 Å². The van der Waals surface area contributed by atoms with Crippen molar-refractivity contribution in [2.24, 2.45) is 5.92 Å². The first kappa shape index (κ1) is 15.7. The van der Waals surface area contributed by atoms with Crippen molar-refractivity contribution in [1.82, 2.24) is 0 Å². The average molecular weight is 322 g/mol. The minimum Gasteiger partial charge on any atom is -0.488 e. The zero-order valence-corrected chi connectivity index (χ0v) is 14.6. The lowest BCUT2D eigenvalue weighted by molar-refractivity contribution is 0.0559. The van der Waals surface area contributed by atoms with Crippen molar-refractivity contribution in [2.75, 3.05) is 0 Å². The second kappa shape index (κ2) is 5.93. The Labute approximate surface area is 144 Å². The molecule has 2 aromatic rings. The number of rotatable bonds is 5. The second-order valence-corrected chi connectivity index (χ2v) is 7.69. The largest absolute Gasteiger partial charge is 0.488 e. The van der Waals surface area contributed by atoms with E-state index in [4.69, 9.17) is 4.74 Å². The predicted octanol–water partition coefficient (Wildman–Crippen LogP) is 4.93. The molecule has 0 aromatic heterocycles. The highest BCUT2D eigenvalue weighted by atomic mass is 16.5. The van der Waals surface area contributed by atoms with Crippen LogP contribution in [0.1, 0.15) is 61.3 Å². The molecule has 0 spiro atoms. The average Bonchev–Trinajstić information content (AvgIpc) is 3.38. The Balaban J connectivity index is 1.72. The second-order valence-electron chi connectivity index (χ2n) is 7.69. The van der Waals surface area contributed by atoms with E-state index in [1.54, 1.807) is 0 Å². The summed E-state index contributed by atoms with van der Waals surface area (Å²) in [5, 5.41) is 10.9. The van der Waals surface area contributed by atoms with Crippen LogP contribution in [0.25, 0.3) is 0 Å². The summed E-state index contributed by atoms with van der Waals surface area (Å²) in [6.07, 6.45) is 4.34. The highest BCUT2D eigenvalue weighted by Crippen LogP contribution is 2.50. The molecule has 2 heteroatoms.